The molecule has 3 aromatic rings. The van der Waals surface area contributed by atoms with Gasteiger partial charge in [-0.25, -0.2) is 0 Å². The summed E-state index contributed by atoms with van der Waals surface area (Å²) in [5.74, 6) is 0.411. The van der Waals surface area contributed by atoms with Crippen molar-refractivity contribution in [2.24, 2.45) is 0 Å². The number of benzene rings is 2. The molecule has 0 saturated heterocycles. The van der Waals surface area contributed by atoms with Gasteiger partial charge in [0.05, 0.1) is 30.2 Å². The van der Waals surface area contributed by atoms with Gasteiger partial charge in [0.2, 0.25) is 5.76 Å². The van der Waals surface area contributed by atoms with Crippen molar-refractivity contribution >= 4 is 16.9 Å². The summed E-state index contributed by atoms with van der Waals surface area (Å²) in [6.07, 6.45) is 0.906. The maximum atomic E-state index is 13.5. The number of hydrogen-bond acceptors (Lipinski definition) is 5. The van der Waals surface area contributed by atoms with Gasteiger partial charge in [0.25, 0.3) is 5.91 Å². The summed E-state index contributed by atoms with van der Waals surface area (Å²) in [5, 5.41) is 10.0. The van der Waals surface area contributed by atoms with Crippen LogP contribution < -0.4 is 10.2 Å². The number of aliphatic hydroxyl groups excluding tert-OH is 1. The van der Waals surface area contributed by atoms with Crippen LogP contribution in [-0.2, 0) is 0 Å². The molecule has 1 aromatic heterocycles. The number of carbonyl (C=O) groups excluding carboxylic acids is 1. The number of β-amino-alcohol motifs (C(OH)–C–C–N with tert-alkyl or cyclic N) is 1. The fourth-order valence-electron chi connectivity index (χ4n) is 4.13. The normalized spacial score (nSPS) is 15.7. The molecule has 30 heavy (non-hydrogen) atoms. The van der Waals surface area contributed by atoms with Gasteiger partial charge in [-0.05, 0) is 55.2 Å². The van der Waals surface area contributed by atoms with Crippen LogP contribution >= 0.6 is 0 Å². The van der Waals surface area contributed by atoms with Crippen LogP contribution in [0.3, 0.4) is 0 Å². The van der Waals surface area contributed by atoms with Gasteiger partial charge >= 0.3 is 0 Å². The molecular formula is C24H25NO5. The van der Waals surface area contributed by atoms with E-state index in [0.29, 0.717) is 23.1 Å². The number of fused-ring (bicyclic) bond motifs is 2. The van der Waals surface area contributed by atoms with Crippen molar-refractivity contribution in [3.63, 3.8) is 0 Å². The summed E-state index contributed by atoms with van der Waals surface area (Å²) in [4.78, 5) is 28.1. The zero-order valence-corrected chi connectivity index (χ0v) is 17.4. The molecule has 2 heterocycles. The summed E-state index contributed by atoms with van der Waals surface area (Å²) in [6.45, 7) is 6.34. The maximum absolute atomic E-state index is 13.5. The van der Waals surface area contributed by atoms with Crippen LogP contribution in [0.2, 0.25) is 0 Å². The van der Waals surface area contributed by atoms with E-state index in [1.807, 2.05) is 51.1 Å². The molecule has 1 aliphatic rings. The molecule has 2 aromatic carbocycles. The van der Waals surface area contributed by atoms with Gasteiger partial charge in [-0.1, -0.05) is 25.1 Å². The molecule has 1 unspecified atom stereocenters. The van der Waals surface area contributed by atoms with E-state index in [1.54, 1.807) is 6.07 Å². The first-order valence-corrected chi connectivity index (χ1v) is 10.2. The Morgan fingerprint density at radius 2 is 1.87 bits per heavy atom. The average Bonchev–Trinajstić information content (AvgIpc) is 3.00. The number of amides is 1. The first-order valence-electron chi connectivity index (χ1n) is 10.2. The summed E-state index contributed by atoms with van der Waals surface area (Å²) >= 11 is 0. The molecule has 1 aliphatic heterocycles. The van der Waals surface area contributed by atoms with Crippen LogP contribution in [0.4, 0.5) is 0 Å². The minimum Gasteiger partial charge on any atom is -0.494 e. The van der Waals surface area contributed by atoms with E-state index in [0.717, 1.165) is 28.9 Å². The Morgan fingerprint density at radius 3 is 2.53 bits per heavy atom. The third-order valence-electron chi connectivity index (χ3n) is 5.41. The summed E-state index contributed by atoms with van der Waals surface area (Å²) < 4.78 is 11.6. The second-order valence-corrected chi connectivity index (χ2v) is 7.67. The second kappa shape index (κ2) is 7.95. The first-order chi connectivity index (χ1) is 14.5. The number of rotatable bonds is 6. The minimum atomic E-state index is -0.610. The molecule has 0 aliphatic carbocycles. The molecule has 4 rings (SSSR count). The fraction of sp³-hybridized carbons (Fsp3) is 0.333. The van der Waals surface area contributed by atoms with Crippen molar-refractivity contribution < 1.29 is 19.1 Å². The van der Waals surface area contributed by atoms with Crippen molar-refractivity contribution in [2.75, 3.05) is 19.8 Å². The van der Waals surface area contributed by atoms with E-state index in [1.165, 1.54) is 4.90 Å². The molecule has 1 N–H and O–H groups in total. The molecule has 0 spiro atoms. The van der Waals surface area contributed by atoms with Crippen LogP contribution in [0.25, 0.3) is 11.0 Å². The summed E-state index contributed by atoms with van der Waals surface area (Å²) in [5.41, 5.74) is 3.10. The molecule has 0 saturated carbocycles. The third-order valence-corrected chi connectivity index (χ3v) is 5.41. The van der Waals surface area contributed by atoms with Gasteiger partial charge in [-0.15, -0.1) is 0 Å². The number of nitrogens with zero attached hydrogens (tertiary/aromatic N) is 1. The predicted octanol–water partition coefficient (Wildman–Crippen LogP) is 3.74. The zero-order chi connectivity index (χ0) is 21.4. The Kier molecular flexibility index (Phi) is 5.35. The average molecular weight is 407 g/mol. The van der Waals surface area contributed by atoms with Gasteiger partial charge < -0.3 is 19.2 Å². The Labute approximate surface area is 174 Å². The quantitative estimate of drug-likeness (QED) is 0.673. The predicted molar refractivity (Wildman–Crippen MR) is 114 cm³/mol. The first kappa shape index (κ1) is 20.2. The van der Waals surface area contributed by atoms with Gasteiger partial charge in [0, 0.05) is 6.54 Å². The molecule has 6 heteroatoms. The molecule has 1 atom stereocenters. The highest BCUT2D eigenvalue weighted by atomic mass is 16.5. The molecule has 0 radical (unpaired) electrons. The Morgan fingerprint density at radius 1 is 1.13 bits per heavy atom. The lowest BCUT2D eigenvalue weighted by Crippen LogP contribution is -2.32. The van der Waals surface area contributed by atoms with E-state index >= 15 is 0 Å². The smallest absolute Gasteiger partial charge is 0.290 e. The van der Waals surface area contributed by atoms with Crippen LogP contribution in [0.1, 0.15) is 52.2 Å². The van der Waals surface area contributed by atoms with Crippen molar-refractivity contribution in [1.82, 2.24) is 4.90 Å². The minimum absolute atomic E-state index is 0.0595. The number of ether oxygens (including phenoxy) is 1. The Bertz CT molecular complexity index is 1160. The summed E-state index contributed by atoms with van der Waals surface area (Å²) in [6, 6.07) is 10.5. The largest absolute Gasteiger partial charge is 0.494 e. The number of aliphatic hydroxyl groups is 1. The monoisotopic (exact) mass is 407 g/mol. The Balaban J connectivity index is 1.90. The van der Waals surface area contributed by atoms with Gasteiger partial charge in [0.1, 0.15) is 11.3 Å². The van der Waals surface area contributed by atoms with E-state index in [4.69, 9.17) is 9.15 Å². The lowest BCUT2D eigenvalue weighted by molar-refractivity contribution is 0.0691. The number of hydrogen-bond donors (Lipinski definition) is 1. The van der Waals surface area contributed by atoms with E-state index in [9.17, 15) is 14.7 Å². The molecule has 156 valence electrons. The summed E-state index contributed by atoms with van der Waals surface area (Å²) in [7, 11) is 0. The second-order valence-electron chi connectivity index (χ2n) is 7.67. The van der Waals surface area contributed by atoms with Crippen molar-refractivity contribution in [3.05, 3.63) is 74.6 Å². The van der Waals surface area contributed by atoms with Crippen LogP contribution in [-0.4, -0.2) is 35.7 Å². The van der Waals surface area contributed by atoms with Crippen LogP contribution in [0.15, 0.2) is 45.6 Å². The number of carbonyl (C=O) groups is 1. The standard InChI is InChI=1S/C24H25NO5/c1-4-11-29-17-7-5-16(6-8-17)20-19-21(27)18-13-14(2)12-15(3)22(18)30-23(19)24(28)25(20)9-10-26/h5-8,12-13,20,26H,4,9-11H2,1-3H3. The van der Waals surface area contributed by atoms with Crippen molar-refractivity contribution in [1.29, 1.82) is 0 Å². The highest BCUT2D eigenvalue weighted by Crippen LogP contribution is 2.38. The van der Waals surface area contributed by atoms with Gasteiger partial charge in [-0.3, -0.25) is 9.59 Å². The van der Waals surface area contributed by atoms with E-state index in [-0.39, 0.29) is 30.2 Å². The molecule has 0 bridgehead atoms. The third kappa shape index (κ3) is 3.27. The topological polar surface area (TPSA) is 80.0 Å². The molecule has 6 nitrogen and oxygen atoms in total. The van der Waals surface area contributed by atoms with Crippen LogP contribution in [0, 0.1) is 13.8 Å². The highest BCUT2D eigenvalue weighted by molar-refractivity contribution is 5.99. The van der Waals surface area contributed by atoms with E-state index < -0.39 is 6.04 Å². The van der Waals surface area contributed by atoms with Gasteiger partial charge in [-0.2, -0.15) is 0 Å². The molecule has 0 fully saturated rings. The molecule has 1 amide bonds. The highest BCUT2D eigenvalue weighted by Gasteiger charge is 2.42. The zero-order valence-electron chi connectivity index (χ0n) is 17.4. The van der Waals surface area contributed by atoms with Gasteiger partial charge in [0.15, 0.2) is 5.43 Å². The molecular weight excluding hydrogens is 382 g/mol. The van der Waals surface area contributed by atoms with E-state index in [2.05, 4.69) is 0 Å². The maximum Gasteiger partial charge on any atom is 0.290 e. The SMILES string of the molecule is CCCOc1ccc(C2c3c(oc4c(C)cc(C)cc4c3=O)C(=O)N2CCO)cc1. The fourth-order valence-corrected chi connectivity index (χ4v) is 4.13. The van der Waals surface area contributed by atoms with Crippen LogP contribution in [0.5, 0.6) is 5.75 Å². The number of aryl methyl sites for hydroxylation is 2. The van der Waals surface area contributed by atoms with Crippen molar-refractivity contribution in [3.8, 4) is 5.75 Å². The lowest BCUT2D eigenvalue weighted by Gasteiger charge is -2.24. The lowest BCUT2D eigenvalue weighted by atomic mass is 9.97. The van der Waals surface area contributed by atoms with Crippen molar-refractivity contribution in [2.45, 2.75) is 33.2 Å². The Hall–Kier alpha value is -3.12.